The zero-order valence-electron chi connectivity index (χ0n) is 12.5. The zero-order chi connectivity index (χ0) is 14.0. The molecule has 0 aromatic carbocycles. The molecule has 114 valence electrons. The van der Waals surface area contributed by atoms with Gasteiger partial charge in [0.25, 0.3) is 0 Å². The fourth-order valence-electron chi connectivity index (χ4n) is 4.73. The van der Waals surface area contributed by atoms with Gasteiger partial charge in [-0.05, 0) is 44.1 Å². The Kier molecular flexibility index (Phi) is 4.32. The maximum absolute atomic E-state index is 12.9. The van der Waals surface area contributed by atoms with Crippen LogP contribution in [0.25, 0.3) is 0 Å². The van der Waals surface area contributed by atoms with E-state index in [1.54, 1.807) is 0 Å². The Hall–Kier alpha value is -0.610. The van der Waals surface area contributed by atoms with Gasteiger partial charge in [0.1, 0.15) is 0 Å². The fourth-order valence-corrected chi connectivity index (χ4v) is 4.73. The molecule has 1 heterocycles. The molecule has 3 rings (SSSR count). The van der Waals surface area contributed by atoms with Gasteiger partial charge in [-0.1, -0.05) is 25.7 Å². The number of hydrogen-bond donors (Lipinski definition) is 3. The van der Waals surface area contributed by atoms with Crippen LogP contribution < -0.4 is 16.4 Å². The molecule has 4 heteroatoms. The van der Waals surface area contributed by atoms with Crippen LogP contribution in [-0.2, 0) is 4.79 Å². The second kappa shape index (κ2) is 6.02. The van der Waals surface area contributed by atoms with Gasteiger partial charge in [-0.2, -0.15) is 0 Å². The first-order valence-corrected chi connectivity index (χ1v) is 8.48. The van der Waals surface area contributed by atoms with Crippen LogP contribution in [0.1, 0.15) is 51.4 Å². The van der Waals surface area contributed by atoms with E-state index in [4.69, 9.17) is 5.73 Å². The highest BCUT2D eigenvalue weighted by Crippen LogP contribution is 2.44. The number of nitrogens with two attached hydrogens (primary N) is 1. The van der Waals surface area contributed by atoms with Crippen LogP contribution >= 0.6 is 0 Å². The average Bonchev–Trinajstić information content (AvgIpc) is 3.13. The van der Waals surface area contributed by atoms with Crippen molar-refractivity contribution < 1.29 is 4.79 Å². The lowest BCUT2D eigenvalue weighted by Gasteiger charge is -2.39. The molecule has 0 aromatic rings. The summed E-state index contributed by atoms with van der Waals surface area (Å²) in [5.74, 6) is 1.43. The number of fused-ring (bicyclic) bond motifs is 1. The number of rotatable bonds is 4. The minimum absolute atomic E-state index is 0.135. The molecule has 1 saturated heterocycles. The van der Waals surface area contributed by atoms with Crippen LogP contribution in [0.3, 0.4) is 0 Å². The van der Waals surface area contributed by atoms with Gasteiger partial charge in [0, 0.05) is 19.1 Å². The van der Waals surface area contributed by atoms with E-state index in [0.29, 0.717) is 18.4 Å². The van der Waals surface area contributed by atoms with Crippen molar-refractivity contribution in [3.05, 3.63) is 0 Å². The Labute approximate surface area is 122 Å². The first-order chi connectivity index (χ1) is 9.76. The van der Waals surface area contributed by atoms with E-state index in [0.717, 1.165) is 19.5 Å². The van der Waals surface area contributed by atoms with E-state index in [1.807, 2.05) is 0 Å². The summed E-state index contributed by atoms with van der Waals surface area (Å²) >= 11 is 0. The molecule has 3 atom stereocenters. The Morgan fingerprint density at radius 2 is 2.00 bits per heavy atom. The van der Waals surface area contributed by atoms with E-state index >= 15 is 0 Å². The third kappa shape index (κ3) is 2.48. The van der Waals surface area contributed by atoms with Crippen molar-refractivity contribution in [3.8, 4) is 0 Å². The lowest BCUT2D eigenvalue weighted by atomic mass is 9.67. The number of carbonyl (C=O) groups is 1. The third-order valence-corrected chi connectivity index (χ3v) is 6.03. The SMILES string of the molecule is NCC(NC(=O)[C@@]12CCCC[C@H]1CNC2)C1CCCC1. The van der Waals surface area contributed by atoms with E-state index < -0.39 is 0 Å². The van der Waals surface area contributed by atoms with Gasteiger partial charge in [-0.15, -0.1) is 0 Å². The first kappa shape index (κ1) is 14.3. The smallest absolute Gasteiger partial charge is 0.228 e. The molecule has 0 bridgehead atoms. The maximum atomic E-state index is 12.9. The number of hydrogen-bond acceptors (Lipinski definition) is 3. The molecule has 0 spiro atoms. The standard InChI is InChI=1S/C16H29N3O/c17-9-14(12-5-1-2-6-12)19-15(20)16-8-4-3-7-13(16)10-18-11-16/h12-14,18H,1-11,17H2,(H,19,20)/t13-,14?,16+/m0/s1. The van der Waals surface area contributed by atoms with Gasteiger partial charge in [0.15, 0.2) is 0 Å². The molecule has 1 amide bonds. The topological polar surface area (TPSA) is 67.1 Å². The molecule has 4 N–H and O–H groups in total. The van der Waals surface area contributed by atoms with Crippen molar-refractivity contribution in [1.29, 1.82) is 0 Å². The number of carbonyl (C=O) groups excluding carboxylic acids is 1. The Morgan fingerprint density at radius 3 is 2.75 bits per heavy atom. The number of nitrogens with one attached hydrogen (secondary N) is 2. The second-order valence-corrected chi connectivity index (χ2v) is 7.09. The number of amides is 1. The molecular weight excluding hydrogens is 250 g/mol. The Balaban J connectivity index is 1.67. The molecule has 20 heavy (non-hydrogen) atoms. The zero-order valence-corrected chi connectivity index (χ0v) is 12.5. The molecule has 3 fully saturated rings. The molecule has 0 radical (unpaired) electrons. The lowest BCUT2D eigenvalue weighted by molar-refractivity contribution is -0.135. The van der Waals surface area contributed by atoms with Gasteiger partial charge in [0.05, 0.1) is 5.41 Å². The van der Waals surface area contributed by atoms with Crippen molar-refractivity contribution in [1.82, 2.24) is 10.6 Å². The van der Waals surface area contributed by atoms with Crippen LogP contribution in [0.15, 0.2) is 0 Å². The summed E-state index contributed by atoms with van der Waals surface area (Å²) in [6, 6.07) is 0.197. The van der Waals surface area contributed by atoms with Gasteiger partial charge in [-0.25, -0.2) is 0 Å². The van der Waals surface area contributed by atoms with E-state index in [9.17, 15) is 4.79 Å². The molecule has 1 aliphatic heterocycles. The largest absolute Gasteiger partial charge is 0.351 e. The van der Waals surface area contributed by atoms with Crippen LogP contribution in [0.5, 0.6) is 0 Å². The van der Waals surface area contributed by atoms with E-state index in [-0.39, 0.29) is 17.4 Å². The van der Waals surface area contributed by atoms with Gasteiger partial charge in [-0.3, -0.25) is 4.79 Å². The summed E-state index contributed by atoms with van der Waals surface area (Å²) in [5.41, 5.74) is 5.80. The summed E-state index contributed by atoms with van der Waals surface area (Å²) in [6.07, 6.45) is 9.80. The fraction of sp³-hybridized carbons (Fsp3) is 0.938. The Bertz CT molecular complexity index is 354. The summed E-state index contributed by atoms with van der Waals surface area (Å²) in [7, 11) is 0. The van der Waals surface area contributed by atoms with E-state index in [1.165, 1.54) is 44.9 Å². The van der Waals surface area contributed by atoms with Crippen LogP contribution in [0.2, 0.25) is 0 Å². The van der Waals surface area contributed by atoms with Crippen molar-refractivity contribution in [3.63, 3.8) is 0 Å². The molecule has 0 aromatic heterocycles. The predicted octanol–water partition coefficient (Wildman–Crippen LogP) is 1.40. The minimum atomic E-state index is -0.135. The average molecular weight is 279 g/mol. The molecule has 2 aliphatic carbocycles. The Morgan fingerprint density at radius 1 is 1.25 bits per heavy atom. The summed E-state index contributed by atoms with van der Waals surface area (Å²) in [5, 5.41) is 6.79. The molecule has 4 nitrogen and oxygen atoms in total. The highest BCUT2D eigenvalue weighted by atomic mass is 16.2. The molecule has 1 unspecified atom stereocenters. The maximum Gasteiger partial charge on any atom is 0.228 e. The van der Waals surface area contributed by atoms with Crippen LogP contribution in [-0.4, -0.2) is 31.6 Å². The predicted molar refractivity (Wildman–Crippen MR) is 80.2 cm³/mol. The van der Waals surface area contributed by atoms with Gasteiger partial charge >= 0.3 is 0 Å². The van der Waals surface area contributed by atoms with Crippen LogP contribution in [0, 0.1) is 17.3 Å². The summed E-state index contributed by atoms with van der Waals surface area (Å²) in [4.78, 5) is 12.9. The molecule has 3 aliphatic rings. The second-order valence-electron chi connectivity index (χ2n) is 7.09. The van der Waals surface area contributed by atoms with Gasteiger partial charge < -0.3 is 16.4 Å². The highest BCUT2D eigenvalue weighted by Gasteiger charge is 2.50. The van der Waals surface area contributed by atoms with Crippen molar-refractivity contribution in [2.45, 2.75) is 57.4 Å². The first-order valence-electron chi connectivity index (χ1n) is 8.48. The molecule has 2 saturated carbocycles. The van der Waals surface area contributed by atoms with E-state index in [2.05, 4.69) is 10.6 Å². The third-order valence-electron chi connectivity index (χ3n) is 6.03. The normalized spacial score (nSPS) is 35.8. The quantitative estimate of drug-likeness (QED) is 0.729. The molecular formula is C16H29N3O. The van der Waals surface area contributed by atoms with Crippen molar-refractivity contribution in [2.24, 2.45) is 23.0 Å². The van der Waals surface area contributed by atoms with Crippen LogP contribution in [0.4, 0.5) is 0 Å². The lowest BCUT2D eigenvalue weighted by Crippen LogP contribution is -2.54. The minimum Gasteiger partial charge on any atom is -0.351 e. The summed E-state index contributed by atoms with van der Waals surface area (Å²) < 4.78 is 0. The van der Waals surface area contributed by atoms with Crippen molar-refractivity contribution >= 4 is 5.91 Å². The monoisotopic (exact) mass is 279 g/mol. The summed E-state index contributed by atoms with van der Waals surface area (Å²) in [6.45, 7) is 2.47. The highest BCUT2D eigenvalue weighted by molar-refractivity contribution is 5.84. The van der Waals surface area contributed by atoms with Gasteiger partial charge in [0.2, 0.25) is 5.91 Å². The van der Waals surface area contributed by atoms with Crippen molar-refractivity contribution in [2.75, 3.05) is 19.6 Å².